The molecule has 0 radical (unpaired) electrons. The number of nitrogens with zero attached hydrogens (tertiary/aromatic N) is 4. The summed E-state index contributed by atoms with van der Waals surface area (Å²) in [6, 6.07) is 0.852. The lowest BCUT2D eigenvalue weighted by Crippen LogP contribution is -2.42. The van der Waals surface area contributed by atoms with E-state index in [4.69, 9.17) is 21.1 Å². The summed E-state index contributed by atoms with van der Waals surface area (Å²) in [5, 5.41) is 24.2. The molecular weight excluding hydrogens is 453 g/mol. The Labute approximate surface area is 194 Å². The van der Waals surface area contributed by atoms with Gasteiger partial charge in [0.2, 0.25) is 5.95 Å². The van der Waals surface area contributed by atoms with Gasteiger partial charge in [-0.25, -0.2) is 19.3 Å². The average molecular weight is 478 g/mol. The lowest BCUT2D eigenvalue weighted by molar-refractivity contribution is -0.0136. The monoisotopic (exact) mass is 477 g/mol. The third-order valence-electron chi connectivity index (χ3n) is 5.96. The minimum Gasteiger partial charge on any atom is -0.488 e. The van der Waals surface area contributed by atoms with E-state index in [-0.39, 0.29) is 35.2 Å². The van der Waals surface area contributed by atoms with Crippen LogP contribution in [0.5, 0.6) is 5.75 Å². The number of aliphatic hydroxyl groups excluding tert-OH is 1. The molecule has 1 aromatic carbocycles. The van der Waals surface area contributed by atoms with Crippen LogP contribution in [0.1, 0.15) is 39.1 Å². The first-order valence-electron chi connectivity index (χ1n) is 10.8. The maximum absolute atomic E-state index is 15.3. The van der Waals surface area contributed by atoms with Gasteiger partial charge in [-0.05, 0) is 33.3 Å². The van der Waals surface area contributed by atoms with E-state index in [1.807, 2.05) is 11.5 Å². The standard InChI is InChI=1S/C22H25ClFN5O4/c1-10-8-33-19-11(6-13(24)17-18(19)29(10)20(27-17)22(2,3)31)16-12(23)7-25-21(28-16)26-14-4-5-32-9-15(14)30/h6-7,10,14-15,30-31H,4-5,8-9H2,1-3H3,(H,25,26,28)/t10-,14-,15-/m1/s1. The number of rotatable bonds is 4. The van der Waals surface area contributed by atoms with Crippen LogP contribution in [0.25, 0.3) is 22.3 Å². The molecule has 0 bridgehead atoms. The number of aromatic nitrogens is 4. The van der Waals surface area contributed by atoms with Crippen molar-refractivity contribution in [1.82, 2.24) is 19.5 Å². The summed E-state index contributed by atoms with van der Waals surface area (Å²) >= 11 is 6.44. The smallest absolute Gasteiger partial charge is 0.223 e. The highest BCUT2D eigenvalue weighted by atomic mass is 35.5. The molecule has 9 nitrogen and oxygen atoms in total. The Balaban J connectivity index is 1.65. The fraction of sp³-hybridized carbons (Fsp3) is 0.500. The number of hydrogen-bond acceptors (Lipinski definition) is 8. The third kappa shape index (κ3) is 3.80. The number of ether oxygens (including phenoxy) is 2. The molecule has 2 aliphatic heterocycles. The summed E-state index contributed by atoms with van der Waals surface area (Å²) in [5.41, 5.74) is -0.0592. The summed E-state index contributed by atoms with van der Waals surface area (Å²) in [4.78, 5) is 13.2. The number of halogens is 2. The van der Waals surface area contributed by atoms with Crippen LogP contribution >= 0.6 is 11.6 Å². The molecule has 3 aromatic rings. The third-order valence-corrected chi connectivity index (χ3v) is 6.24. The maximum Gasteiger partial charge on any atom is 0.223 e. The molecule has 2 aliphatic rings. The van der Waals surface area contributed by atoms with Gasteiger partial charge in [0.1, 0.15) is 29.1 Å². The molecular formula is C22H25ClFN5O4. The molecule has 3 N–H and O–H groups in total. The number of nitrogens with one attached hydrogen (secondary N) is 1. The first-order chi connectivity index (χ1) is 15.6. The minimum absolute atomic E-state index is 0.117. The molecule has 2 aromatic heterocycles. The largest absolute Gasteiger partial charge is 0.488 e. The van der Waals surface area contributed by atoms with Gasteiger partial charge in [-0.15, -0.1) is 0 Å². The van der Waals surface area contributed by atoms with E-state index in [2.05, 4.69) is 20.3 Å². The van der Waals surface area contributed by atoms with Crippen LogP contribution < -0.4 is 10.1 Å². The number of aliphatic hydroxyl groups is 2. The zero-order valence-electron chi connectivity index (χ0n) is 18.5. The molecule has 0 amide bonds. The lowest BCUT2D eigenvalue weighted by atomic mass is 10.1. The number of anilines is 1. The Hall–Kier alpha value is -2.53. The predicted octanol–water partition coefficient (Wildman–Crippen LogP) is 3.03. The quantitative estimate of drug-likeness (QED) is 0.525. The molecule has 4 heterocycles. The van der Waals surface area contributed by atoms with Crippen molar-refractivity contribution in [2.24, 2.45) is 0 Å². The van der Waals surface area contributed by atoms with Crippen LogP contribution in [-0.4, -0.2) is 61.7 Å². The first-order valence-corrected chi connectivity index (χ1v) is 11.2. The van der Waals surface area contributed by atoms with Crippen LogP contribution in [0.3, 0.4) is 0 Å². The SMILES string of the molecule is C[C@@H]1COc2c(-c3nc(N[C@@H]4CCOC[C@H]4O)ncc3Cl)cc(F)c3nc(C(C)(C)O)n1c23. The molecule has 11 heteroatoms. The Morgan fingerprint density at radius 1 is 1.30 bits per heavy atom. The van der Waals surface area contributed by atoms with Crippen molar-refractivity contribution in [1.29, 1.82) is 0 Å². The average Bonchev–Trinajstić information content (AvgIpc) is 3.18. The highest BCUT2D eigenvalue weighted by Crippen LogP contribution is 2.45. The molecule has 33 heavy (non-hydrogen) atoms. The molecule has 5 rings (SSSR count). The van der Waals surface area contributed by atoms with Gasteiger partial charge < -0.3 is 29.6 Å². The molecule has 176 valence electrons. The maximum atomic E-state index is 15.3. The normalized spacial score (nSPS) is 22.9. The van der Waals surface area contributed by atoms with Gasteiger partial charge in [0, 0.05) is 12.2 Å². The van der Waals surface area contributed by atoms with Gasteiger partial charge in [-0.1, -0.05) is 11.6 Å². The number of imidazole rings is 1. The van der Waals surface area contributed by atoms with E-state index in [1.54, 1.807) is 13.8 Å². The molecule has 0 unspecified atom stereocenters. The van der Waals surface area contributed by atoms with Crippen LogP contribution in [-0.2, 0) is 10.3 Å². The van der Waals surface area contributed by atoms with Gasteiger partial charge in [0.05, 0.1) is 41.7 Å². The second-order valence-electron chi connectivity index (χ2n) is 9.03. The Morgan fingerprint density at radius 3 is 2.82 bits per heavy atom. The lowest BCUT2D eigenvalue weighted by Gasteiger charge is -2.29. The van der Waals surface area contributed by atoms with Crippen LogP contribution in [0.2, 0.25) is 5.02 Å². The van der Waals surface area contributed by atoms with Crippen molar-refractivity contribution in [2.75, 3.05) is 25.1 Å². The Morgan fingerprint density at radius 2 is 2.09 bits per heavy atom. The van der Waals surface area contributed by atoms with Crippen LogP contribution in [0.15, 0.2) is 12.3 Å². The van der Waals surface area contributed by atoms with E-state index in [0.717, 1.165) is 0 Å². The van der Waals surface area contributed by atoms with Crippen molar-refractivity contribution >= 4 is 28.6 Å². The van der Waals surface area contributed by atoms with Gasteiger partial charge >= 0.3 is 0 Å². The number of benzene rings is 1. The zero-order chi connectivity index (χ0) is 23.5. The summed E-state index contributed by atoms with van der Waals surface area (Å²) in [5.74, 6) is 0.429. The number of hydrogen-bond donors (Lipinski definition) is 3. The van der Waals surface area contributed by atoms with Crippen LogP contribution in [0.4, 0.5) is 10.3 Å². The first kappa shape index (κ1) is 22.3. The van der Waals surface area contributed by atoms with Gasteiger partial charge in [0.25, 0.3) is 0 Å². The molecule has 3 atom stereocenters. The zero-order valence-corrected chi connectivity index (χ0v) is 19.2. The highest BCUT2D eigenvalue weighted by Gasteiger charge is 2.34. The summed E-state index contributed by atoms with van der Waals surface area (Å²) in [6.45, 7) is 6.19. The topological polar surface area (TPSA) is 115 Å². The fourth-order valence-corrected chi connectivity index (χ4v) is 4.54. The van der Waals surface area contributed by atoms with Crippen molar-refractivity contribution in [3.8, 4) is 17.0 Å². The second kappa shape index (κ2) is 8.05. The molecule has 0 aliphatic carbocycles. The summed E-state index contributed by atoms with van der Waals surface area (Å²) in [6.07, 6.45) is 1.32. The van der Waals surface area contributed by atoms with E-state index in [1.165, 1.54) is 12.3 Å². The van der Waals surface area contributed by atoms with Crippen molar-refractivity contribution in [2.45, 2.75) is 51.0 Å². The van der Waals surface area contributed by atoms with E-state index in [0.29, 0.717) is 48.0 Å². The minimum atomic E-state index is -1.28. The fourth-order valence-electron chi connectivity index (χ4n) is 4.35. The molecule has 1 fully saturated rings. The van der Waals surface area contributed by atoms with Gasteiger partial charge in [0.15, 0.2) is 11.6 Å². The van der Waals surface area contributed by atoms with Crippen LogP contribution in [0, 0.1) is 5.82 Å². The van der Waals surface area contributed by atoms with Crippen molar-refractivity contribution in [3.05, 3.63) is 28.9 Å². The van der Waals surface area contributed by atoms with Crippen molar-refractivity contribution < 1.29 is 24.1 Å². The second-order valence-corrected chi connectivity index (χ2v) is 9.44. The molecule has 0 saturated carbocycles. The van der Waals surface area contributed by atoms with E-state index in [9.17, 15) is 10.2 Å². The van der Waals surface area contributed by atoms with Gasteiger partial charge in [-0.3, -0.25) is 0 Å². The van der Waals surface area contributed by atoms with Gasteiger partial charge in [-0.2, -0.15) is 0 Å². The predicted molar refractivity (Wildman–Crippen MR) is 120 cm³/mol. The Kier molecular flexibility index (Phi) is 5.43. The summed E-state index contributed by atoms with van der Waals surface area (Å²) in [7, 11) is 0. The summed E-state index contributed by atoms with van der Waals surface area (Å²) < 4.78 is 28.4. The molecule has 0 spiro atoms. The molecule has 1 saturated heterocycles. The Bertz CT molecular complexity index is 1230. The van der Waals surface area contributed by atoms with Crippen molar-refractivity contribution in [3.63, 3.8) is 0 Å². The van der Waals surface area contributed by atoms with E-state index >= 15 is 4.39 Å². The van der Waals surface area contributed by atoms with E-state index < -0.39 is 17.5 Å². The highest BCUT2D eigenvalue weighted by molar-refractivity contribution is 6.33.